The van der Waals surface area contributed by atoms with Gasteiger partial charge in [0.15, 0.2) is 21.6 Å². The Labute approximate surface area is 196 Å². The zero-order chi connectivity index (χ0) is 21.6. The van der Waals surface area contributed by atoms with Gasteiger partial charge in [-0.05, 0) is 42.3 Å². The fourth-order valence-corrected chi connectivity index (χ4v) is 3.58. The standard InChI is InChI=1S/C19H23FN6O3S.HI/c1-3-21-19(23-11-17-24-18(26-25-17)16-5-4-8-29-16)22-10-14-9-15(20)7-6-13(14)12-30(2,27)28;/h4-9H,3,10-12H2,1-2H3,(H2,21,22,23)(H,24,25,26);1H. The number of guanidine groups is 1. The number of benzene rings is 1. The summed E-state index contributed by atoms with van der Waals surface area (Å²) in [5.41, 5.74) is 1.04. The summed E-state index contributed by atoms with van der Waals surface area (Å²) in [6.45, 7) is 2.96. The molecule has 2 aromatic heterocycles. The number of hydrogen-bond acceptors (Lipinski definition) is 6. The maximum atomic E-state index is 13.7. The monoisotopic (exact) mass is 562 g/mol. The van der Waals surface area contributed by atoms with E-state index in [1.54, 1.807) is 18.4 Å². The van der Waals surface area contributed by atoms with Crippen molar-refractivity contribution in [1.82, 2.24) is 25.8 Å². The molecule has 0 atom stereocenters. The summed E-state index contributed by atoms with van der Waals surface area (Å²) in [6, 6.07) is 7.55. The number of sulfone groups is 1. The van der Waals surface area contributed by atoms with E-state index in [4.69, 9.17) is 4.42 Å². The largest absolute Gasteiger partial charge is 0.461 e. The van der Waals surface area contributed by atoms with E-state index in [2.05, 4.69) is 30.8 Å². The number of aromatic amines is 1. The second-order valence-corrected chi connectivity index (χ2v) is 8.76. The van der Waals surface area contributed by atoms with Gasteiger partial charge < -0.3 is 15.1 Å². The van der Waals surface area contributed by atoms with E-state index in [1.165, 1.54) is 18.2 Å². The summed E-state index contributed by atoms with van der Waals surface area (Å²) in [5.74, 6) is 1.45. The van der Waals surface area contributed by atoms with Crippen LogP contribution in [0.2, 0.25) is 0 Å². The highest BCUT2D eigenvalue weighted by Crippen LogP contribution is 2.16. The van der Waals surface area contributed by atoms with E-state index < -0.39 is 15.7 Å². The van der Waals surface area contributed by atoms with Crippen molar-refractivity contribution in [3.05, 3.63) is 59.4 Å². The normalized spacial score (nSPS) is 11.8. The predicted octanol–water partition coefficient (Wildman–Crippen LogP) is 2.62. The molecule has 0 fully saturated rings. The zero-order valence-corrected chi connectivity index (χ0v) is 20.2. The van der Waals surface area contributed by atoms with Gasteiger partial charge in [-0.15, -0.1) is 29.1 Å². The van der Waals surface area contributed by atoms with Gasteiger partial charge in [-0.3, -0.25) is 5.10 Å². The second kappa shape index (κ2) is 11.2. The van der Waals surface area contributed by atoms with Crippen LogP contribution in [-0.2, 0) is 28.7 Å². The number of aromatic nitrogens is 3. The lowest BCUT2D eigenvalue weighted by Crippen LogP contribution is -2.37. The summed E-state index contributed by atoms with van der Waals surface area (Å²) in [5, 5.41) is 13.1. The van der Waals surface area contributed by atoms with Gasteiger partial charge in [0.05, 0.1) is 25.1 Å². The molecular weight excluding hydrogens is 538 g/mol. The van der Waals surface area contributed by atoms with Crippen molar-refractivity contribution < 1.29 is 17.2 Å². The Kier molecular flexibility index (Phi) is 8.98. The first-order valence-corrected chi connectivity index (χ1v) is 11.3. The third-order valence-electron chi connectivity index (χ3n) is 4.03. The van der Waals surface area contributed by atoms with Gasteiger partial charge in [0.2, 0.25) is 5.82 Å². The van der Waals surface area contributed by atoms with E-state index in [-0.39, 0.29) is 36.3 Å². The molecular formula is C19H24FIN6O3S. The van der Waals surface area contributed by atoms with Gasteiger partial charge in [0, 0.05) is 12.8 Å². The topological polar surface area (TPSA) is 125 Å². The van der Waals surface area contributed by atoms with Crippen LogP contribution in [-0.4, -0.2) is 42.4 Å². The van der Waals surface area contributed by atoms with Crippen LogP contribution in [0.3, 0.4) is 0 Å². The van der Waals surface area contributed by atoms with E-state index in [1.807, 2.05) is 6.92 Å². The molecule has 0 amide bonds. The van der Waals surface area contributed by atoms with Crippen LogP contribution in [0.15, 0.2) is 46.0 Å². The predicted molar refractivity (Wildman–Crippen MR) is 126 cm³/mol. The van der Waals surface area contributed by atoms with E-state index in [0.29, 0.717) is 47.6 Å². The smallest absolute Gasteiger partial charge is 0.216 e. The average molecular weight is 562 g/mol. The number of hydrogen-bond donors (Lipinski definition) is 3. The van der Waals surface area contributed by atoms with Gasteiger partial charge in [-0.1, -0.05) is 6.07 Å². The molecule has 2 heterocycles. The van der Waals surface area contributed by atoms with Crippen molar-refractivity contribution in [3.8, 4) is 11.6 Å². The Morgan fingerprint density at radius 2 is 2.06 bits per heavy atom. The Balaban J connectivity index is 0.00000341. The highest BCUT2D eigenvalue weighted by Gasteiger charge is 2.12. The van der Waals surface area contributed by atoms with Crippen LogP contribution in [0.5, 0.6) is 0 Å². The lowest BCUT2D eigenvalue weighted by atomic mass is 10.1. The molecule has 1 aromatic carbocycles. The lowest BCUT2D eigenvalue weighted by molar-refractivity contribution is 0.577. The molecule has 0 saturated heterocycles. The van der Waals surface area contributed by atoms with Gasteiger partial charge >= 0.3 is 0 Å². The van der Waals surface area contributed by atoms with Crippen molar-refractivity contribution in [2.45, 2.75) is 25.8 Å². The van der Waals surface area contributed by atoms with Crippen LogP contribution in [0, 0.1) is 5.82 Å². The molecule has 31 heavy (non-hydrogen) atoms. The van der Waals surface area contributed by atoms with Crippen LogP contribution >= 0.6 is 24.0 Å². The third kappa shape index (κ3) is 7.61. The number of nitrogens with one attached hydrogen (secondary N) is 3. The molecule has 0 radical (unpaired) electrons. The van der Waals surface area contributed by atoms with Crippen molar-refractivity contribution in [3.63, 3.8) is 0 Å². The molecule has 0 saturated carbocycles. The molecule has 3 N–H and O–H groups in total. The summed E-state index contributed by atoms with van der Waals surface area (Å²) < 4.78 is 42.2. The summed E-state index contributed by atoms with van der Waals surface area (Å²) in [6.07, 6.45) is 2.69. The summed E-state index contributed by atoms with van der Waals surface area (Å²) >= 11 is 0. The average Bonchev–Trinajstić information content (AvgIpc) is 3.36. The number of furan rings is 1. The minimum Gasteiger partial charge on any atom is -0.461 e. The van der Waals surface area contributed by atoms with E-state index in [0.717, 1.165) is 6.26 Å². The Hall–Kier alpha value is -2.48. The van der Waals surface area contributed by atoms with Crippen molar-refractivity contribution in [1.29, 1.82) is 0 Å². The van der Waals surface area contributed by atoms with Gasteiger partial charge in [-0.2, -0.15) is 0 Å². The second-order valence-electron chi connectivity index (χ2n) is 6.61. The molecule has 3 rings (SSSR count). The highest BCUT2D eigenvalue weighted by molar-refractivity contribution is 14.0. The fraction of sp³-hybridized carbons (Fsp3) is 0.316. The van der Waals surface area contributed by atoms with Crippen molar-refractivity contribution in [2.75, 3.05) is 12.8 Å². The minimum absolute atomic E-state index is 0. The first kappa shape index (κ1) is 24.8. The first-order chi connectivity index (χ1) is 14.3. The molecule has 0 spiro atoms. The maximum absolute atomic E-state index is 13.7. The van der Waals surface area contributed by atoms with E-state index >= 15 is 0 Å². The maximum Gasteiger partial charge on any atom is 0.216 e. The molecule has 9 nitrogen and oxygen atoms in total. The number of aliphatic imine (C=N–C) groups is 1. The number of H-pyrrole nitrogens is 1. The fourth-order valence-electron chi connectivity index (χ4n) is 2.73. The molecule has 0 aliphatic heterocycles. The van der Waals surface area contributed by atoms with Gasteiger partial charge in [0.1, 0.15) is 11.6 Å². The van der Waals surface area contributed by atoms with Crippen LogP contribution in [0.25, 0.3) is 11.6 Å². The summed E-state index contributed by atoms with van der Waals surface area (Å²) in [4.78, 5) is 8.79. The van der Waals surface area contributed by atoms with Crippen molar-refractivity contribution in [2.24, 2.45) is 4.99 Å². The number of nitrogens with zero attached hydrogens (tertiary/aromatic N) is 3. The highest BCUT2D eigenvalue weighted by atomic mass is 127. The molecule has 3 aromatic rings. The molecule has 0 unspecified atom stereocenters. The summed E-state index contributed by atoms with van der Waals surface area (Å²) in [7, 11) is -3.25. The van der Waals surface area contributed by atoms with Crippen LogP contribution in [0.4, 0.5) is 4.39 Å². The number of rotatable bonds is 8. The van der Waals surface area contributed by atoms with E-state index in [9.17, 15) is 12.8 Å². The zero-order valence-electron chi connectivity index (χ0n) is 17.1. The lowest BCUT2D eigenvalue weighted by Gasteiger charge is -2.11. The Morgan fingerprint density at radius 3 is 2.74 bits per heavy atom. The molecule has 12 heteroatoms. The SMILES string of the molecule is CCNC(=NCc1cc(F)ccc1CS(C)(=O)=O)NCc1nc(-c2ccco2)n[nH]1.I. The molecule has 0 bridgehead atoms. The van der Waals surface area contributed by atoms with Crippen LogP contribution < -0.4 is 10.6 Å². The molecule has 0 aliphatic rings. The third-order valence-corrected chi connectivity index (χ3v) is 4.87. The van der Waals surface area contributed by atoms with Crippen LogP contribution in [0.1, 0.15) is 23.9 Å². The molecule has 0 aliphatic carbocycles. The van der Waals surface area contributed by atoms with Gasteiger partial charge in [-0.25, -0.2) is 22.8 Å². The molecule has 168 valence electrons. The number of halogens is 2. The van der Waals surface area contributed by atoms with Gasteiger partial charge in [0.25, 0.3) is 0 Å². The minimum atomic E-state index is -3.25. The Morgan fingerprint density at radius 1 is 1.26 bits per heavy atom. The quantitative estimate of drug-likeness (QED) is 0.219. The first-order valence-electron chi connectivity index (χ1n) is 9.26. The Bertz CT molecular complexity index is 1120. The van der Waals surface area contributed by atoms with Crippen molar-refractivity contribution >= 4 is 39.8 Å².